The average molecular weight is 245 g/mol. The van der Waals surface area contributed by atoms with Crippen LogP contribution in [0.25, 0.3) is 0 Å². The number of likely N-dealkylation sites (N-methyl/N-ethyl adjacent to an activating group) is 1. The SMILES string of the molecule is CCCOCCOC(=O)[C@H](CC)N(CC)CC. The Morgan fingerprint density at radius 3 is 2.18 bits per heavy atom. The molecule has 1 atom stereocenters. The van der Waals surface area contributed by atoms with E-state index in [-0.39, 0.29) is 12.0 Å². The van der Waals surface area contributed by atoms with E-state index in [1.54, 1.807) is 0 Å². The van der Waals surface area contributed by atoms with Gasteiger partial charge in [0.25, 0.3) is 0 Å². The number of carbonyl (C=O) groups is 1. The van der Waals surface area contributed by atoms with E-state index in [4.69, 9.17) is 9.47 Å². The van der Waals surface area contributed by atoms with Crippen LogP contribution >= 0.6 is 0 Å². The van der Waals surface area contributed by atoms with Gasteiger partial charge in [-0.25, -0.2) is 0 Å². The molecule has 0 radical (unpaired) electrons. The highest BCUT2D eigenvalue weighted by molar-refractivity contribution is 5.75. The predicted octanol–water partition coefficient (Wildman–Crippen LogP) is 2.08. The summed E-state index contributed by atoms with van der Waals surface area (Å²) in [5.41, 5.74) is 0. The number of hydrogen-bond acceptors (Lipinski definition) is 4. The second-order valence-electron chi connectivity index (χ2n) is 3.93. The van der Waals surface area contributed by atoms with Gasteiger partial charge in [0.05, 0.1) is 6.61 Å². The maximum absolute atomic E-state index is 11.8. The van der Waals surface area contributed by atoms with E-state index in [1.165, 1.54) is 0 Å². The largest absolute Gasteiger partial charge is 0.462 e. The summed E-state index contributed by atoms with van der Waals surface area (Å²) < 4.78 is 10.5. The van der Waals surface area contributed by atoms with Crippen LogP contribution in [0.4, 0.5) is 0 Å². The molecule has 4 nitrogen and oxygen atoms in total. The minimum Gasteiger partial charge on any atom is -0.462 e. The highest BCUT2D eigenvalue weighted by Crippen LogP contribution is 2.06. The number of carbonyl (C=O) groups excluding carboxylic acids is 1. The van der Waals surface area contributed by atoms with Gasteiger partial charge in [0, 0.05) is 6.61 Å². The van der Waals surface area contributed by atoms with Crippen molar-refractivity contribution < 1.29 is 14.3 Å². The standard InChI is InChI=1S/C13H27NO3/c1-5-9-16-10-11-17-13(15)12(6-2)14(7-3)8-4/h12H,5-11H2,1-4H3/t12-/m0/s1. The first-order valence-electron chi connectivity index (χ1n) is 6.69. The van der Waals surface area contributed by atoms with E-state index in [1.807, 2.05) is 6.92 Å². The summed E-state index contributed by atoms with van der Waals surface area (Å²) in [6, 6.07) is -0.115. The van der Waals surface area contributed by atoms with Crippen LogP contribution in [0.2, 0.25) is 0 Å². The second-order valence-corrected chi connectivity index (χ2v) is 3.93. The maximum atomic E-state index is 11.8. The fraction of sp³-hybridized carbons (Fsp3) is 0.923. The lowest BCUT2D eigenvalue weighted by molar-refractivity contribution is -0.151. The Morgan fingerprint density at radius 1 is 1.06 bits per heavy atom. The fourth-order valence-electron chi connectivity index (χ4n) is 1.78. The van der Waals surface area contributed by atoms with Crippen molar-refractivity contribution in [2.75, 3.05) is 32.9 Å². The summed E-state index contributed by atoms with van der Waals surface area (Å²) in [6.07, 6.45) is 1.78. The van der Waals surface area contributed by atoms with E-state index >= 15 is 0 Å². The van der Waals surface area contributed by atoms with E-state index in [9.17, 15) is 4.79 Å². The van der Waals surface area contributed by atoms with E-state index in [0.717, 1.165) is 32.5 Å². The molecule has 0 aromatic carbocycles. The molecule has 0 aliphatic heterocycles. The molecule has 0 rings (SSSR count). The summed E-state index contributed by atoms with van der Waals surface area (Å²) >= 11 is 0. The Kier molecular flexibility index (Phi) is 10.2. The van der Waals surface area contributed by atoms with E-state index in [2.05, 4.69) is 25.7 Å². The van der Waals surface area contributed by atoms with Crippen molar-refractivity contribution in [3.8, 4) is 0 Å². The Morgan fingerprint density at radius 2 is 1.71 bits per heavy atom. The lowest BCUT2D eigenvalue weighted by Gasteiger charge is -2.26. The Bertz CT molecular complexity index is 193. The minimum atomic E-state index is -0.128. The molecule has 0 saturated carbocycles. The van der Waals surface area contributed by atoms with Crippen LogP contribution in [0.15, 0.2) is 0 Å². The molecule has 0 aromatic rings. The van der Waals surface area contributed by atoms with Gasteiger partial charge in [-0.15, -0.1) is 0 Å². The predicted molar refractivity (Wildman–Crippen MR) is 69.1 cm³/mol. The lowest BCUT2D eigenvalue weighted by Crippen LogP contribution is -2.41. The van der Waals surface area contributed by atoms with Gasteiger partial charge < -0.3 is 9.47 Å². The molecule has 17 heavy (non-hydrogen) atoms. The zero-order valence-electron chi connectivity index (χ0n) is 11.7. The van der Waals surface area contributed by atoms with Crippen LogP contribution in [0.3, 0.4) is 0 Å². The molecule has 4 heteroatoms. The molecule has 0 unspecified atom stereocenters. The van der Waals surface area contributed by atoms with Gasteiger partial charge in [-0.1, -0.05) is 27.7 Å². The summed E-state index contributed by atoms with van der Waals surface area (Å²) in [6.45, 7) is 11.5. The van der Waals surface area contributed by atoms with E-state index in [0.29, 0.717) is 13.2 Å². The highest BCUT2D eigenvalue weighted by Gasteiger charge is 2.23. The molecular weight excluding hydrogens is 218 g/mol. The zero-order chi connectivity index (χ0) is 13.1. The molecule has 0 aliphatic rings. The van der Waals surface area contributed by atoms with Crippen LogP contribution in [0.1, 0.15) is 40.5 Å². The molecule has 0 fully saturated rings. The third-order valence-corrected chi connectivity index (χ3v) is 2.73. The van der Waals surface area contributed by atoms with Crippen LogP contribution in [-0.2, 0) is 14.3 Å². The van der Waals surface area contributed by atoms with Crippen molar-refractivity contribution in [1.82, 2.24) is 4.90 Å². The first-order chi connectivity index (χ1) is 8.21. The summed E-state index contributed by atoms with van der Waals surface area (Å²) in [5.74, 6) is -0.128. The van der Waals surface area contributed by atoms with Crippen molar-refractivity contribution in [2.24, 2.45) is 0 Å². The number of ether oxygens (including phenoxy) is 2. The molecule has 0 aromatic heterocycles. The molecule has 0 N–H and O–H groups in total. The fourth-order valence-corrected chi connectivity index (χ4v) is 1.78. The molecule has 0 amide bonds. The van der Waals surface area contributed by atoms with Crippen molar-refractivity contribution in [3.63, 3.8) is 0 Å². The first kappa shape index (κ1) is 16.4. The Hall–Kier alpha value is -0.610. The molecule has 0 spiro atoms. The second kappa shape index (κ2) is 10.5. The maximum Gasteiger partial charge on any atom is 0.323 e. The van der Waals surface area contributed by atoms with Gasteiger partial charge in [-0.05, 0) is 25.9 Å². The van der Waals surface area contributed by atoms with Crippen LogP contribution < -0.4 is 0 Å². The first-order valence-corrected chi connectivity index (χ1v) is 6.69. The van der Waals surface area contributed by atoms with Gasteiger partial charge in [-0.2, -0.15) is 0 Å². The molecule has 102 valence electrons. The van der Waals surface area contributed by atoms with Crippen LogP contribution in [-0.4, -0.2) is 49.8 Å². The molecule has 0 bridgehead atoms. The summed E-state index contributed by atoms with van der Waals surface area (Å²) in [4.78, 5) is 14.0. The number of rotatable bonds is 10. The summed E-state index contributed by atoms with van der Waals surface area (Å²) in [5, 5.41) is 0. The number of nitrogens with zero attached hydrogens (tertiary/aromatic N) is 1. The smallest absolute Gasteiger partial charge is 0.323 e. The summed E-state index contributed by atoms with van der Waals surface area (Å²) in [7, 11) is 0. The van der Waals surface area contributed by atoms with Crippen molar-refractivity contribution in [3.05, 3.63) is 0 Å². The van der Waals surface area contributed by atoms with Crippen LogP contribution in [0, 0.1) is 0 Å². The normalized spacial score (nSPS) is 12.8. The number of hydrogen-bond donors (Lipinski definition) is 0. The highest BCUT2D eigenvalue weighted by atomic mass is 16.6. The third-order valence-electron chi connectivity index (χ3n) is 2.73. The van der Waals surface area contributed by atoms with Crippen molar-refractivity contribution >= 4 is 5.97 Å². The Labute approximate surface area is 105 Å². The third kappa shape index (κ3) is 6.64. The zero-order valence-corrected chi connectivity index (χ0v) is 11.7. The molecular formula is C13H27NO3. The van der Waals surface area contributed by atoms with Crippen molar-refractivity contribution in [1.29, 1.82) is 0 Å². The molecule has 0 saturated heterocycles. The molecule has 0 heterocycles. The average Bonchev–Trinajstić information content (AvgIpc) is 2.35. The lowest BCUT2D eigenvalue weighted by atomic mass is 10.2. The van der Waals surface area contributed by atoms with Gasteiger partial charge in [0.15, 0.2) is 0 Å². The van der Waals surface area contributed by atoms with Crippen molar-refractivity contribution in [2.45, 2.75) is 46.6 Å². The quantitative estimate of drug-likeness (QED) is 0.436. The molecule has 0 aliphatic carbocycles. The van der Waals surface area contributed by atoms with Crippen LogP contribution in [0.5, 0.6) is 0 Å². The number of esters is 1. The van der Waals surface area contributed by atoms with E-state index < -0.39 is 0 Å². The van der Waals surface area contributed by atoms with Gasteiger partial charge in [0.1, 0.15) is 12.6 Å². The minimum absolute atomic E-state index is 0.115. The van der Waals surface area contributed by atoms with Gasteiger partial charge in [-0.3, -0.25) is 9.69 Å². The van der Waals surface area contributed by atoms with Gasteiger partial charge in [0.2, 0.25) is 0 Å². The van der Waals surface area contributed by atoms with Gasteiger partial charge >= 0.3 is 5.97 Å². The monoisotopic (exact) mass is 245 g/mol. The Balaban J connectivity index is 3.91. The topological polar surface area (TPSA) is 38.8 Å².